The van der Waals surface area contributed by atoms with Gasteiger partial charge >= 0.3 is 6.03 Å². The van der Waals surface area contributed by atoms with Gasteiger partial charge in [-0.25, -0.2) is 4.79 Å². The molecule has 4 N–H and O–H groups in total. The van der Waals surface area contributed by atoms with E-state index in [2.05, 4.69) is 33.7 Å². The molecule has 0 aliphatic carbocycles. The molecule has 1 aliphatic rings. The second-order valence-corrected chi connectivity index (χ2v) is 14.5. The van der Waals surface area contributed by atoms with Crippen LogP contribution in [-0.4, -0.2) is 46.9 Å². The van der Waals surface area contributed by atoms with Gasteiger partial charge in [0.05, 0.1) is 24.9 Å². The summed E-state index contributed by atoms with van der Waals surface area (Å²) in [5.41, 5.74) is 7.31. The van der Waals surface area contributed by atoms with Crippen molar-refractivity contribution in [1.29, 1.82) is 0 Å². The molecule has 292 valence electrons. The molecule has 1 fully saturated rings. The average molecular weight is 764 g/mol. The van der Waals surface area contributed by atoms with Crippen molar-refractivity contribution in [1.82, 2.24) is 10.2 Å². The van der Waals surface area contributed by atoms with E-state index in [0.29, 0.717) is 30.9 Å². The SMILES string of the molecule is C[C@@H]([C@H](O)c1ccccc1)N(C)C[C@H]1C[C@@H](c2ccc(CO)cc2)O[C@@H](c2ccc(-c3cccc(CNC(=O)Nc4ccc(Oc5ccccc5)cc4)c3)cc2)O1. The smallest absolute Gasteiger partial charge is 0.319 e. The number of anilines is 1. The van der Waals surface area contributed by atoms with Gasteiger partial charge in [-0.3, -0.25) is 4.90 Å². The fourth-order valence-electron chi connectivity index (χ4n) is 6.97. The number of likely N-dealkylation sites (N-methyl/N-ethyl adjacent to an activating group) is 1. The molecule has 0 unspecified atom stereocenters. The monoisotopic (exact) mass is 763 g/mol. The van der Waals surface area contributed by atoms with E-state index in [9.17, 15) is 15.0 Å². The Kier molecular flexibility index (Phi) is 13.1. The van der Waals surface area contributed by atoms with Crippen LogP contribution in [0, 0.1) is 0 Å². The van der Waals surface area contributed by atoms with Gasteiger partial charge in [0.1, 0.15) is 11.5 Å². The minimum absolute atomic E-state index is 0.0186. The number of aliphatic hydroxyl groups is 2. The summed E-state index contributed by atoms with van der Waals surface area (Å²) in [6.45, 7) is 2.97. The van der Waals surface area contributed by atoms with Gasteiger partial charge in [-0.1, -0.05) is 115 Å². The number of hydrogen-bond acceptors (Lipinski definition) is 7. The molecule has 1 heterocycles. The summed E-state index contributed by atoms with van der Waals surface area (Å²) in [7, 11) is 2.02. The Hall–Kier alpha value is -5.81. The Morgan fingerprint density at radius 3 is 2.12 bits per heavy atom. The highest BCUT2D eigenvalue weighted by molar-refractivity contribution is 5.89. The van der Waals surface area contributed by atoms with E-state index >= 15 is 0 Å². The van der Waals surface area contributed by atoms with Crippen LogP contribution in [0.2, 0.25) is 0 Å². The van der Waals surface area contributed by atoms with Crippen molar-refractivity contribution in [3.63, 3.8) is 0 Å². The van der Waals surface area contributed by atoms with Crippen LogP contribution < -0.4 is 15.4 Å². The van der Waals surface area contributed by atoms with Crippen LogP contribution in [0.15, 0.2) is 158 Å². The quantitative estimate of drug-likeness (QED) is 0.0875. The zero-order valence-electron chi connectivity index (χ0n) is 32.2. The lowest BCUT2D eigenvalue weighted by Crippen LogP contribution is -2.43. The number of carbonyl (C=O) groups excluding carboxylic acids is 1. The number of nitrogens with one attached hydrogen (secondary N) is 2. The van der Waals surface area contributed by atoms with E-state index in [1.807, 2.05) is 141 Å². The third kappa shape index (κ3) is 10.5. The van der Waals surface area contributed by atoms with Gasteiger partial charge in [-0.15, -0.1) is 0 Å². The van der Waals surface area contributed by atoms with E-state index in [1.165, 1.54) is 0 Å². The first-order valence-corrected chi connectivity index (χ1v) is 19.3. The number of urea groups is 1. The largest absolute Gasteiger partial charge is 0.457 e. The maximum Gasteiger partial charge on any atom is 0.319 e. The number of benzene rings is 6. The second kappa shape index (κ2) is 18.9. The van der Waals surface area contributed by atoms with Crippen molar-refractivity contribution in [3.05, 3.63) is 186 Å². The normalized spacial score (nSPS) is 17.7. The van der Waals surface area contributed by atoms with Crippen molar-refractivity contribution in [2.45, 2.75) is 57.1 Å². The number of amides is 2. The molecule has 5 atom stereocenters. The first-order chi connectivity index (χ1) is 27.8. The van der Waals surface area contributed by atoms with Crippen LogP contribution in [0.4, 0.5) is 10.5 Å². The van der Waals surface area contributed by atoms with Crippen molar-refractivity contribution in [2.75, 3.05) is 18.9 Å². The predicted molar refractivity (Wildman–Crippen MR) is 223 cm³/mol. The van der Waals surface area contributed by atoms with E-state index in [-0.39, 0.29) is 30.9 Å². The zero-order valence-corrected chi connectivity index (χ0v) is 32.2. The van der Waals surface area contributed by atoms with Gasteiger partial charge in [0.15, 0.2) is 6.29 Å². The number of rotatable bonds is 14. The van der Waals surface area contributed by atoms with E-state index < -0.39 is 12.4 Å². The number of para-hydroxylation sites is 1. The molecule has 6 aromatic rings. The first kappa shape index (κ1) is 39.4. The first-order valence-electron chi connectivity index (χ1n) is 19.3. The van der Waals surface area contributed by atoms with E-state index in [4.69, 9.17) is 14.2 Å². The van der Waals surface area contributed by atoms with Crippen LogP contribution in [0.1, 0.15) is 59.7 Å². The third-order valence-electron chi connectivity index (χ3n) is 10.4. The van der Waals surface area contributed by atoms with Crippen LogP contribution in [0.5, 0.6) is 11.5 Å². The van der Waals surface area contributed by atoms with Gasteiger partial charge in [0.25, 0.3) is 0 Å². The highest BCUT2D eigenvalue weighted by Crippen LogP contribution is 2.39. The molecule has 1 saturated heterocycles. The molecule has 0 aromatic heterocycles. The number of nitrogens with zero attached hydrogens (tertiary/aromatic N) is 1. The Balaban J connectivity index is 0.982. The lowest BCUT2D eigenvalue weighted by Gasteiger charge is -2.39. The van der Waals surface area contributed by atoms with Crippen molar-refractivity contribution < 1.29 is 29.2 Å². The standard InChI is InChI=1S/C48H49N3O6/c1-33(46(53)38-11-5-3-6-12-38)51(2)31-44-29-45(37-18-16-34(32-52)17-19-37)57-47(56-44)39-22-20-36(21-23-39)40-13-9-10-35(28-40)30-49-48(54)50-41-24-26-43(27-25-41)55-42-14-7-4-8-15-42/h3-28,33,44-47,52-53H,29-32H2,1-2H3,(H2,49,50,54)/t33-,44+,45-,46-,47-/m0/s1. The third-order valence-corrected chi connectivity index (χ3v) is 10.4. The zero-order chi connectivity index (χ0) is 39.6. The number of hydrogen-bond donors (Lipinski definition) is 4. The lowest BCUT2D eigenvalue weighted by molar-refractivity contribution is -0.253. The summed E-state index contributed by atoms with van der Waals surface area (Å²) in [5, 5.41) is 26.6. The molecule has 6 aromatic carbocycles. The lowest BCUT2D eigenvalue weighted by atomic mass is 9.98. The van der Waals surface area contributed by atoms with Gasteiger partial charge in [-0.05, 0) is 89.8 Å². The topological polar surface area (TPSA) is 113 Å². The summed E-state index contributed by atoms with van der Waals surface area (Å²) >= 11 is 0. The molecule has 57 heavy (non-hydrogen) atoms. The number of ether oxygens (including phenoxy) is 3. The summed E-state index contributed by atoms with van der Waals surface area (Å²) in [5.74, 6) is 1.43. The highest BCUT2D eigenvalue weighted by atomic mass is 16.7. The molecule has 9 heteroatoms. The molecular formula is C48H49N3O6. The highest BCUT2D eigenvalue weighted by Gasteiger charge is 2.34. The number of carbonyl (C=O) groups is 1. The summed E-state index contributed by atoms with van der Waals surface area (Å²) in [6, 6.07) is 50.2. The Labute approximate surface area is 334 Å². The average Bonchev–Trinajstić information content (AvgIpc) is 3.26. The maximum absolute atomic E-state index is 12.7. The molecule has 1 aliphatic heterocycles. The summed E-state index contributed by atoms with van der Waals surface area (Å²) in [4.78, 5) is 14.9. The summed E-state index contributed by atoms with van der Waals surface area (Å²) in [6.07, 6.45) is -1.00. The van der Waals surface area contributed by atoms with Gasteiger partial charge in [0.2, 0.25) is 0 Å². The van der Waals surface area contributed by atoms with Gasteiger partial charge < -0.3 is 35.1 Å². The van der Waals surface area contributed by atoms with E-state index in [0.717, 1.165) is 44.7 Å². The van der Waals surface area contributed by atoms with Crippen LogP contribution in [-0.2, 0) is 22.6 Å². The maximum atomic E-state index is 12.7. The number of aliphatic hydroxyl groups excluding tert-OH is 2. The Morgan fingerprint density at radius 1 is 0.754 bits per heavy atom. The summed E-state index contributed by atoms with van der Waals surface area (Å²) < 4.78 is 19.1. The fraction of sp³-hybridized carbons (Fsp3) is 0.229. The van der Waals surface area contributed by atoms with Crippen molar-refractivity contribution in [2.24, 2.45) is 0 Å². The van der Waals surface area contributed by atoms with Crippen molar-refractivity contribution >= 4 is 11.7 Å². The van der Waals surface area contributed by atoms with Crippen molar-refractivity contribution in [3.8, 4) is 22.6 Å². The molecule has 0 saturated carbocycles. The molecule has 9 nitrogen and oxygen atoms in total. The van der Waals surface area contributed by atoms with Crippen LogP contribution >= 0.6 is 0 Å². The van der Waals surface area contributed by atoms with E-state index in [1.54, 1.807) is 12.1 Å². The molecule has 7 rings (SSSR count). The molecule has 0 spiro atoms. The molecule has 0 radical (unpaired) electrons. The van der Waals surface area contributed by atoms with Crippen LogP contribution in [0.25, 0.3) is 11.1 Å². The fourth-order valence-corrected chi connectivity index (χ4v) is 6.97. The Morgan fingerprint density at radius 2 is 1.42 bits per heavy atom. The van der Waals surface area contributed by atoms with Gasteiger partial charge in [0, 0.05) is 36.8 Å². The minimum Gasteiger partial charge on any atom is -0.457 e. The van der Waals surface area contributed by atoms with Gasteiger partial charge in [-0.2, -0.15) is 0 Å². The molecule has 0 bridgehead atoms. The molecule has 2 amide bonds. The predicted octanol–water partition coefficient (Wildman–Crippen LogP) is 9.56. The minimum atomic E-state index is -0.641. The molecular weight excluding hydrogens is 715 g/mol. The second-order valence-electron chi connectivity index (χ2n) is 14.5. The van der Waals surface area contributed by atoms with Crippen LogP contribution in [0.3, 0.4) is 0 Å². The Bertz CT molecular complexity index is 2170.